The summed E-state index contributed by atoms with van der Waals surface area (Å²) >= 11 is 3.27. The molecule has 50 heavy (non-hydrogen) atoms. The van der Waals surface area contributed by atoms with Gasteiger partial charge >= 0.3 is 0 Å². The zero-order valence-corrected chi connectivity index (χ0v) is 28.8. The van der Waals surface area contributed by atoms with Gasteiger partial charge in [-0.25, -0.2) is 0 Å². The Kier molecular flexibility index (Phi) is 7.71. The fourth-order valence-corrected chi connectivity index (χ4v) is 8.37. The predicted molar refractivity (Wildman–Crippen MR) is 194 cm³/mol. The standard InChI is InChI=1S/C40H31BrN4O5/c1-44(2)24-12-8-22(9-13-24)42-43-23-10-14-25(15-11-23)45-39(49)29-18-17-27-30(35(29)40(45)50)19-31-36(33(46)20-32(41)38(31)48)34(27)28-16-7-21-5-3-4-6-26(21)37(28)47/h3-17,20,29-30,34-35,47H,18-19H2,1-2H3/t29-,30+,34+,35-/m0/s1. The molecule has 0 radical (unpaired) electrons. The highest BCUT2D eigenvalue weighted by atomic mass is 79.9. The monoisotopic (exact) mass is 726 g/mol. The van der Waals surface area contributed by atoms with Gasteiger partial charge in [0, 0.05) is 53.9 Å². The van der Waals surface area contributed by atoms with Gasteiger partial charge < -0.3 is 10.0 Å². The molecule has 4 aromatic rings. The number of aromatic hydroxyl groups is 1. The molecule has 3 aliphatic carbocycles. The number of azo groups is 1. The van der Waals surface area contributed by atoms with Gasteiger partial charge in [-0.05, 0) is 88.6 Å². The smallest absolute Gasteiger partial charge is 0.238 e. The summed E-state index contributed by atoms with van der Waals surface area (Å²) in [6.07, 6.45) is 3.67. The van der Waals surface area contributed by atoms with Gasteiger partial charge in [-0.1, -0.05) is 48.0 Å². The molecule has 1 fully saturated rings. The second-order valence-corrected chi connectivity index (χ2v) is 14.1. The number of phenolic OH excluding ortho intramolecular Hbond substituents is 1. The number of rotatable bonds is 5. The first-order chi connectivity index (χ1) is 24.1. The van der Waals surface area contributed by atoms with Crippen LogP contribution in [0.5, 0.6) is 5.75 Å². The fourth-order valence-electron chi connectivity index (χ4n) is 7.92. The number of hydrogen-bond donors (Lipinski definition) is 1. The lowest BCUT2D eigenvalue weighted by Crippen LogP contribution is -2.39. The number of imide groups is 1. The number of carbonyl (C=O) groups is 4. The summed E-state index contributed by atoms with van der Waals surface area (Å²) in [5, 5.41) is 21.7. The highest BCUT2D eigenvalue weighted by Gasteiger charge is 2.57. The molecule has 9 nitrogen and oxygen atoms in total. The Morgan fingerprint density at radius 3 is 2.20 bits per heavy atom. The molecular formula is C40H31BrN4O5. The third-order valence-corrected chi connectivity index (χ3v) is 10.9. The van der Waals surface area contributed by atoms with Gasteiger partial charge in [0.25, 0.3) is 0 Å². The minimum Gasteiger partial charge on any atom is -0.507 e. The second kappa shape index (κ2) is 12.1. The quantitative estimate of drug-likeness (QED) is 0.0964. The number of fused-ring (bicyclic) bond motifs is 4. The topological polar surface area (TPSA) is 120 Å². The molecule has 4 aromatic carbocycles. The van der Waals surface area contributed by atoms with E-state index in [1.165, 1.54) is 11.0 Å². The van der Waals surface area contributed by atoms with Crippen LogP contribution < -0.4 is 9.80 Å². The van der Waals surface area contributed by atoms with Crippen molar-refractivity contribution >= 4 is 72.8 Å². The van der Waals surface area contributed by atoms with Crippen molar-refractivity contribution in [2.75, 3.05) is 23.9 Å². The van der Waals surface area contributed by atoms with Crippen LogP contribution >= 0.6 is 15.9 Å². The summed E-state index contributed by atoms with van der Waals surface area (Å²) in [6.45, 7) is 0. The molecule has 0 saturated carbocycles. The van der Waals surface area contributed by atoms with Crippen molar-refractivity contribution in [2.45, 2.75) is 18.8 Å². The SMILES string of the molecule is CN(C)c1ccc(N=Nc2ccc(N3C(=O)[C@H]4[C@H](CC=C5[C@H](c6ccc7ccccc7c6O)C6=C(C[C@H]54)C(=O)C(Br)=CC6=O)C3=O)cc2)cc1. The van der Waals surface area contributed by atoms with E-state index in [1.807, 2.05) is 79.7 Å². The molecule has 8 rings (SSSR count). The van der Waals surface area contributed by atoms with Gasteiger partial charge in [0.05, 0.1) is 33.4 Å². The Bertz CT molecular complexity index is 2270. The molecule has 0 unspecified atom stereocenters. The van der Waals surface area contributed by atoms with E-state index in [0.717, 1.165) is 16.6 Å². The van der Waals surface area contributed by atoms with Crippen molar-refractivity contribution in [1.82, 2.24) is 0 Å². The second-order valence-electron chi connectivity index (χ2n) is 13.3. The van der Waals surface area contributed by atoms with Crippen LogP contribution in [0.4, 0.5) is 22.7 Å². The number of carbonyl (C=O) groups excluding carboxylic acids is 4. The average Bonchev–Trinajstić information content (AvgIpc) is 3.38. The Labute approximate surface area is 296 Å². The van der Waals surface area contributed by atoms with E-state index in [2.05, 4.69) is 26.2 Å². The number of anilines is 2. The number of Topliss-reactive ketones (excluding diaryl/α,β-unsaturated/α-hetero) is 1. The van der Waals surface area contributed by atoms with Gasteiger partial charge in [0.2, 0.25) is 11.8 Å². The first-order valence-electron chi connectivity index (χ1n) is 16.4. The van der Waals surface area contributed by atoms with Gasteiger partial charge in [0.15, 0.2) is 11.6 Å². The molecule has 0 aromatic heterocycles. The largest absolute Gasteiger partial charge is 0.507 e. The maximum Gasteiger partial charge on any atom is 0.238 e. The van der Waals surface area contributed by atoms with Gasteiger partial charge in [-0.2, -0.15) is 10.2 Å². The van der Waals surface area contributed by atoms with Gasteiger partial charge in [0.1, 0.15) is 5.75 Å². The normalized spacial score (nSPS) is 23.2. The lowest BCUT2D eigenvalue weighted by atomic mass is 9.59. The molecule has 248 valence electrons. The Balaban J connectivity index is 1.13. The molecule has 0 bridgehead atoms. The first-order valence-corrected chi connectivity index (χ1v) is 17.2. The van der Waals surface area contributed by atoms with E-state index in [4.69, 9.17) is 0 Å². The third-order valence-electron chi connectivity index (χ3n) is 10.3. The maximum absolute atomic E-state index is 14.3. The van der Waals surface area contributed by atoms with E-state index in [0.29, 0.717) is 45.6 Å². The zero-order chi connectivity index (χ0) is 34.8. The number of benzene rings is 4. The molecule has 1 aliphatic heterocycles. The summed E-state index contributed by atoms with van der Waals surface area (Å²) in [5.74, 6) is -3.89. The van der Waals surface area contributed by atoms with Gasteiger partial charge in [-0.15, -0.1) is 0 Å². The predicted octanol–water partition coefficient (Wildman–Crippen LogP) is 7.99. The summed E-state index contributed by atoms with van der Waals surface area (Å²) in [7, 11) is 3.93. The lowest BCUT2D eigenvalue weighted by molar-refractivity contribution is -0.123. The molecular weight excluding hydrogens is 696 g/mol. The summed E-state index contributed by atoms with van der Waals surface area (Å²) in [6, 6.07) is 25.6. The summed E-state index contributed by atoms with van der Waals surface area (Å²) in [4.78, 5) is 58.7. The van der Waals surface area contributed by atoms with Crippen molar-refractivity contribution in [3.63, 3.8) is 0 Å². The molecule has 1 heterocycles. The summed E-state index contributed by atoms with van der Waals surface area (Å²) < 4.78 is 0.154. The van der Waals surface area contributed by atoms with E-state index < -0.39 is 23.7 Å². The van der Waals surface area contributed by atoms with Crippen LogP contribution in [0.1, 0.15) is 24.3 Å². The number of ketones is 2. The van der Waals surface area contributed by atoms with Gasteiger partial charge in [-0.3, -0.25) is 24.1 Å². The number of amides is 2. The van der Waals surface area contributed by atoms with Crippen LogP contribution in [0.25, 0.3) is 10.8 Å². The number of phenols is 1. The lowest BCUT2D eigenvalue weighted by Gasteiger charge is -2.42. The van der Waals surface area contributed by atoms with E-state index in [9.17, 15) is 24.3 Å². The van der Waals surface area contributed by atoms with Crippen molar-refractivity contribution in [3.8, 4) is 5.75 Å². The fraction of sp³-hybridized carbons (Fsp3) is 0.200. The van der Waals surface area contributed by atoms with Crippen molar-refractivity contribution in [2.24, 2.45) is 28.0 Å². The van der Waals surface area contributed by atoms with Crippen LogP contribution in [-0.2, 0) is 19.2 Å². The molecule has 10 heteroatoms. The van der Waals surface area contributed by atoms with Crippen LogP contribution in [-0.4, -0.2) is 42.6 Å². The first kappa shape index (κ1) is 31.8. The number of nitrogens with zero attached hydrogens (tertiary/aromatic N) is 4. The summed E-state index contributed by atoms with van der Waals surface area (Å²) in [5.41, 5.74) is 4.64. The Morgan fingerprint density at radius 1 is 0.820 bits per heavy atom. The van der Waals surface area contributed by atoms with Crippen LogP contribution in [0, 0.1) is 17.8 Å². The Morgan fingerprint density at radius 2 is 1.50 bits per heavy atom. The number of allylic oxidation sites excluding steroid dienone is 6. The van der Waals surface area contributed by atoms with Crippen molar-refractivity contribution in [3.05, 3.63) is 124 Å². The van der Waals surface area contributed by atoms with Crippen molar-refractivity contribution in [1.29, 1.82) is 0 Å². The number of halogens is 1. The molecule has 4 atom stereocenters. The third kappa shape index (κ3) is 5.05. The molecule has 1 saturated heterocycles. The minimum atomic E-state index is -0.747. The van der Waals surface area contributed by atoms with Crippen LogP contribution in [0.2, 0.25) is 0 Å². The molecule has 1 N–H and O–H groups in total. The van der Waals surface area contributed by atoms with E-state index >= 15 is 0 Å². The highest BCUT2D eigenvalue weighted by Crippen LogP contribution is 2.57. The molecule has 0 spiro atoms. The molecule has 2 amide bonds. The minimum absolute atomic E-state index is 0.0239. The van der Waals surface area contributed by atoms with Crippen LogP contribution in [0.3, 0.4) is 0 Å². The number of hydrogen-bond acceptors (Lipinski definition) is 8. The molecule has 4 aliphatic rings. The average molecular weight is 728 g/mol. The Hall–Kier alpha value is -5.48. The van der Waals surface area contributed by atoms with Crippen LogP contribution in [0.15, 0.2) is 129 Å². The van der Waals surface area contributed by atoms with E-state index in [-0.39, 0.29) is 40.0 Å². The maximum atomic E-state index is 14.3. The van der Waals surface area contributed by atoms with Crippen molar-refractivity contribution < 1.29 is 24.3 Å². The highest BCUT2D eigenvalue weighted by molar-refractivity contribution is 9.12. The van der Waals surface area contributed by atoms with E-state index in [1.54, 1.807) is 30.3 Å². The zero-order valence-electron chi connectivity index (χ0n) is 27.2.